The van der Waals surface area contributed by atoms with E-state index < -0.39 is 0 Å². The Kier molecular flexibility index (Phi) is 4.01. The number of Topliss-reactive ketones (excluding diaryl/α,β-unsaturated/α-hetero) is 1. The van der Waals surface area contributed by atoms with Gasteiger partial charge in [0.15, 0.2) is 0 Å². The number of hydrogen-bond acceptors (Lipinski definition) is 2. The quantitative estimate of drug-likeness (QED) is 0.794. The Morgan fingerprint density at radius 3 is 2.31 bits per heavy atom. The number of carbonyl (C=O) groups is 1. The normalized spacial score (nSPS) is 33.1. The molecule has 1 aliphatic heterocycles. The van der Waals surface area contributed by atoms with Crippen LogP contribution in [-0.2, 0) is 4.79 Å². The molecule has 1 atom stereocenters. The molecule has 2 heteroatoms. The molecule has 1 N–H and O–H groups in total. The van der Waals surface area contributed by atoms with Gasteiger partial charge in [-0.2, -0.15) is 0 Å². The van der Waals surface area contributed by atoms with Gasteiger partial charge in [-0.15, -0.1) is 0 Å². The van der Waals surface area contributed by atoms with Gasteiger partial charge in [0, 0.05) is 11.8 Å². The van der Waals surface area contributed by atoms with Crippen LogP contribution in [0.15, 0.2) is 0 Å². The first-order valence-corrected chi connectivity index (χ1v) is 6.96. The second-order valence-electron chi connectivity index (χ2n) is 5.74. The van der Waals surface area contributed by atoms with Crippen molar-refractivity contribution >= 4 is 5.78 Å². The maximum absolute atomic E-state index is 12.3. The Morgan fingerprint density at radius 1 is 1.25 bits per heavy atom. The molecule has 92 valence electrons. The minimum Gasteiger partial charge on any atom is -0.316 e. The second-order valence-corrected chi connectivity index (χ2v) is 5.74. The average molecular weight is 223 g/mol. The molecular weight excluding hydrogens is 198 g/mol. The molecule has 0 aromatic carbocycles. The summed E-state index contributed by atoms with van der Waals surface area (Å²) >= 11 is 0. The Labute approximate surface area is 99.2 Å². The van der Waals surface area contributed by atoms with Crippen molar-refractivity contribution in [3.63, 3.8) is 0 Å². The lowest BCUT2D eigenvalue weighted by Gasteiger charge is -2.35. The van der Waals surface area contributed by atoms with Crippen molar-refractivity contribution in [1.82, 2.24) is 5.32 Å². The SMILES string of the molecule is CCC1CCC(C(=O)C(C)C2CNC2)CC1. The standard InChI is InChI=1S/C14H25NO/c1-3-11-4-6-12(7-5-11)14(16)10(2)13-8-15-9-13/h10-13,15H,3-9H2,1-2H3. The highest BCUT2D eigenvalue weighted by atomic mass is 16.1. The van der Waals surface area contributed by atoms with Crippen LogP contribution in [0.3, 0.4) is 0 Å². The van der Waals surface area contributed by atoms with Gasteiger partial charge in [-0.1, -0.05) is 20.3 Å². The third kappa shape index (κ3) is 2.48. The molecule has 1 heterocycles. The molecule has 0 aromatic rings. The average Bonchev–Trinajstić information content (AvgIpc) is 2.26. The highest BCUT2D eigenvalue weighted by Gasteiger charge is 2.34. The predicted molar refractivity (Wildman–Crippen MR) is 66.3 cm³/mol. The zero-order valence-corrected chi connectivity index (χ0v) is 10.7. The monoisotopic (exact) mass is 223 g/mol. The summed E-state index contributed by atoms with van der Waals surface area (Å²) in [6, 6.07) is 0. The Hall–Kier alpha value is -0.370. The Balaban J connectivity index is 1.81. The molecule has 2 nitrogen and oxygen atoms in total. The zero-order valence-electron chi connectivity index (χ0n) is 10.7. The van der Waals surface area contributed by atoms with Gasteiger partial charge in [-0.05, 0) is 50.6 Å². The van der Waals surface area contributed by atoms with Crippen molar-refractivity contribution in [3.05, 3.63) is 0 Å². The largest absolute Gasteiger partial charge is 0.316 e. The molecule has 1 unspecified atom stereocenters. The Morgan fingerprint density at radius 2 is 1.88 bits per heavy atom. The molecule has 0 amide bonds. The lowest BCUT2D eigenvalue weighted by molar-refractivity contribution is -0.129. The van der Waals surface area contributed by atoms with E-state index in [1.165, 1.54) is 19.3 Å². The fourth-order valence-corrected chi connectivity index (χ4v) is 3.12. The minimum absolute atomic E-state index is 0.296. The molecule has 16 heavy (non-hydrogen) atoms. The maximum atomic E-state index is 12.3. The van der Waals surface area contributed by atoms with Gasteiger partial charge >= 0.3 is 0 Å². The second kappa shape index (κ2) is 5.31. The van der Waals surface area contributed by atoms with Crippen molar-refractivity contribution in [2.75, 3.05) is 13.1 Å². The summed E-state index contributed by atoms with van der Waals surface area (Å²) in [5.74, 6) is 2.75. The first-order chi connectivity index (χ1) is 7.72. The number of nitrogens with one attached hydrogen (secondary N) is 1. The van der Waals surface area contributed by atoms with Crippen LogP contribution in [0.25, 0.3) is 0 Å². The maximum Gasteiger partial charge on any atom is 0.139 e. The topological polar surface area (TPSA) is 29.1 Å². The molecule has 0 aromatic heterocycles. The summed E-state index contributed by atoms with van der Waals surface area (Å²) in [4.78, 5) is 12.3. The highest BCUT2D eigenvalue weighted by molar-refractivity contribution is 5.83. The molecule has 1 aliphatic carbocycles. The third-order valence-electron chi connectivity index (χ3n) is 4.80. The van der Waals surface area contributed by atoms with E-state index in [0.29, 0.717) is 23.5 Å². The predicted octanol–water partition coefficient (Wildman–Crippen LogP) is 2.63. The molecule has 0 spiro atoms. The van der Waals surface area contributed by atoms with Crippen LogP contribution in [0.4, 0.5) is 0 Å². The van der Waals surface area contributed by atoms with Gasteiger partial charge in [0.25, 0.3) is 0 Å². The molecular formula is C14H25NO. The lowest BCUT2D eigenvalue weighted by Crippen LogP contribution is -2.48. The van der Waals surface area contributed by atoms with E-state index in [4.69, 9.17) is 0 Å². The van der Waals surface area contributed by atoms with Crippen LogP contribution in [0.1, 0.15) is 46.0 Å². The summed E-state index contributed by atoms with van der Waals surface area (Å²) in [6.45, 7) is 6.52. The van der Waals surface area contributed by atoms with Gasteiger partial charge in [-0.3, -0.25) is 4.79 Å². The van der Waals surface area contributed by atoms with E-state index in [2.05, 4.69) is 19.2 Å². The van der Waals surface area contributed by atoms with Crippen molar-refractivity contribution in [1.29, 1.82) is 0 Å². The van der Waals surface area contributed by atoms with Crippen LogP contribution in [0.2, 0.25) is 0 Å². The first-order valence-electron chi connectivity index (χ1n) is 6.96. The van der Waals surface area contributed by atoms with Crippen LogP contribution < -0.4 is 5.32 Å². The first kappa shape index (κ1) is 12.1. The van der Waals surface area contributed by atoms with Crippen molar-refractivity contribution < 1.29 is 4.79 Å². The summed E-state index contributed by atoms with van der Waals surface area (Å²) in [5, 5.41) is 3.26. The van der Waals surface area contributed by atoms with Crippen LogP contribution in [0.5, 0.6) is 0 Å². The zero-order chi connectivity index (χ0) is 11.5. The molecule has 0 bridgehead atoms. The van der Waals surface area contributed by atoms with Gasteiger partial charge < -0.3 is 5.32 Å². The third-order valence-corrected chi connectivity index (χ3v) is 4.80. The van der Waals surface area contributed by atoms with E-state index in [-0.39, 0.29) is 0 Å². The van der Waals surface area contributed by atoms with Crippen LogP contribution in [0, 0.1) is 23.7 Å². The number of rotatable bonds is 4. The minimum atomic E-state index is 0.296. The smallest absolute Gasteiger partial charge is 0.139 e. The van der Waals surface area contributed by atoms with E-state index in [9.17, 15) is 4.79 Å². The van der Waals surface area contributed by atoms with Gasteiger partial charge in [0.2, 0.25) is 0 Å². The van der Waals surface area contributed by atoms with E-state index in [1.807, 2.05) is 0 Å². The van der Waals surface area contributed by atoms with E-state index >= 15 is 0 Å². The summed E-state index contributed by atoms with van der Waals surface area (Å²) < 4.78 is 0. The molecule has 2 aliphatic rings. The van der Waals surface area contributed by atoms with Crippen LogP contribution in [-0.4, -0.2) is 18.9 Å². The summed E-state index contributed by atoms with van der Waals surface area (Å²) in [7, 11) is 0. The number of carbonyl (C=O) groups excluding carboxylic acids is 1. The molecule has 1 saturated heterocycles. The van der Waals surface area contributed by atoms with Crippen molar-refractivity contribution in [2.24, 2.45) is 23.7 Å². The van der Waals surface area contributed by atoms with Crippen molar-refractivity contribution in [2.45, 2.75) is 46.0 Å². The molecule has 2 rings (SSSR count). The molecule has 2 fully saturated rings. The summed E-state index contributed by atoms with van der Waals surface area (Å²) in [5.41, 5.74) is 0. The van der Waals surface area contributed by atoms with Crippen molar-refractivity contribution in [3.8, 4) is 0 Å². The van der Waals surface area contributed by atoms with E-state index in [0.717, 1.165) is 31.8 Å². The Bertz CT molecular complexity index is 239. The fourth-order valence-electron chi connectivity index (χ4n) is 3.12. The molecule has 0 radical (unpaired) electrons. The highest BCUT2D eigenvalue weighted by Crippen LogP contribution is 2.34. The number of hydrogen-bond donors (Lipinski definition) is 1. The van der Waals surface area contributed by atoms with Gasteiger partial charge in [0.05, 0.1) is 0 Å². The van der Waals surface area contributed by atoms with Gasteiger partial charge in [-0.25, -0.2) is 0 Å². The number of ketones is 1. The fraction of sp³-hybridized carbons (Fsp3) is 0.929. The van der Waals surface area contributed by atoms with E-state index in [1.54, 1.807) is 0 Å². The summed E-state index contributed by atoms with van der Waals surface area (Å²) in [6.07, 6.45) is 6.16. The van der Waals surface area contributed by atoms with Crippen LogP contribution >= 0.6 is 0 Å². The molecule has 1 saturated carbocycles. The lowest BCUT2D eigenvalue weighted by atomic mass is 9.73. The van der Waals surface area contributed by atoms with Gasteiger partial charge in [0.1, 0.15) is 5.78 Å².